The zero-order valence-corrected chi connectivity index (χ0v) is 11.1. The maximum Gasteiger partial charge on any atom is 0.335 e. The van der Waals surface area contributed by atoms with Crippen LogP contribution in [0.1, 0.15) is 22.8 Å². The fraction of sp³-hybridized carbons (Fsp3) is 0.357. The van der Waals surface area contributed by atoms with E-state index in [0.717, 1.165) is 0 Å². The van der Waals surface area contributed by atoms with Crippen molar-refractivity contribution in [2.75, 3.05) is 13.1 Å². The smallest absolute Gasteiger partial charge is 0.335 e. The molecule has 2 N–H and O–H groups in total. The first kappa shape index (κ1) is 14.0. The van der Waals surface area contributed by atoms with Crippen LogP contribution in [0.4, 0.5) is 0 Å². The topological polar surface area (TPSA) is 86.7 Å². The minimum Gasteiger partial charge on any atom is -0.478 e. The highest BCUT2D eigenvalue weighted by Gasteiger charge is 2.32. The largest absolute Gasteiger partial charge is 0.478 e. The zero-order chi connectivity index (χ0) is 14.7. The minimum absolute atomic E-state index is 0.0619. The lowest BCUT2D eigenvalue weighted by Crippen LogP contribution is -2.58. The van der Waals surface area contributed by atoms with Crippen LogP contribution in [-0.2, 0) is 16.0 Å². The van der Waals surface area contributed by atoms with Crippen LogP contribution >= 0.6 is 0 Å². The number of carbonyl (C=O) groups excluding carboxylic acids is 2. The Bertz CT molecular complexity index is 556. The molecule has 1 aliphatic heterocycles. The van der Waals surface area contributed by atoms with E-state index in [1.54, 1.807) is 25.1 Å². The van der Waals surface area contributed by atoms with Crippen LogP contribution in [0.25, 0.3) is 0 Å². The molecule has 1 aromatic carbocycles. The summed E-state index contributed by atoms with van der Waals surface area (Å²) in [5.74, 6) is -1.43. The molecule has 0 aromatic heterocycles. The fourth-order valence-corrected chi connectivity index (χ4v) is 2.31. The van der Waals surface area contributed by atoms with Crippen LogP contribution in [0.5, 0.6) is 0 Å². The Labute approximate surface area is 116 Å². The molecule has 1 saturated heterocycles. The molecule has 1 aliphatic rings. The number of carboxylic acids is 1. The molecule has 0 spiro atoms. The molecule has 20 heavy (non-hydrogen) atoms. The van der Waals surface area contributed by atoms with Gasteiger partial charge in [0.1, 0.15) is 6.04 Å². The normalized spacial score (nSPS) is 18.9. The first-order chi connectivity index (χ1) is 9.52. The van der Waals surface area contributed by atoms with Crippen LogP contribution in [0.2, 0.25) is 0 Å². The second-order valence-electron chi connectivity index (χ2n) is 4.64. The van der Waals surface area contributed by atoms with Gasteiger partial charge in [-0.1, -0.05) is 18.2 Å². The Kier molecular flexibility index (Phi) is 4.02. The Morgan fingerprint density at radius 1 is 1.40 bits per heavy atom. The molecule has 1 unspecified atom stereocenters. The van der Waals surface area contributed by atoms with Crippen LogP contribution in [0, 0.1) is 0 Å². The predicted molar refractivity (Wildman–Crippen MR) is 71.3 cm³/mol. The van der Waals surface area contributed by atoms with E-state index >= 15 is 0 Å². The molecule has 6 nitrogen and oxygen atoms in total. The molecule has 2 amide bonds. The van der Waals surface area contributed by atoms with Crippen molar-refractivity contribution in [1.82, 2.24) is 10.2 Å². The third-order valence-corrected chi connectivity index (χ3v) is 3.33. The van der Waals surface area contributed by atoms with Crippen molar-refractivity contribution in [2.24, 2.45) is 0 Å². The number of rotatable bonds is 4. The summed E-state index contributed by atoms with van der Waals surface area (Å²) in [6.07, 6.45) is 0.184. The summed E-state index contributed by atoms with van der Waals surface area (Å²) < 4.78 is 0. The number of hydrogen-bond donors (Lipinski definition) is 2. The van der Waals surface area contributed by atoms with Gasteiger partial charge in [0.15, 0.2) is 0 Å². The quantitative estimate of drug-likeness (QED) is 0.826. The lowest BCUT2D eigenvalue weighted by atomic mass is 9.98. The standard InChI is InChI=1S/C14H16N2O4/c1-2-16-8-12(17)15-11(13(16)18)7-9-5-3-4-6-10(9)14(19)20/h3-6,11H,2,7-8H2,1H3,(H,15,17)(H,19,20). The minimum atomic E-state index is -1.04. The van der Waals surface area contributed by atoms with Gasteiger partial charge in [-0.3, -0.25) is 9.59 Å². The maximum atomic E-state index is 12.2. The van der Waals surface area contributed by atoms with Gasteiger partial charge in [0.25, 0.3) is 0 Å². The first-order valence-corrected chi connectivity index (χ1v) is 6.42. The Morgan fingerprint density at radius 3 is 2.75 bits per heavy atom. The van der Waals surface area contributed by atoms with Crippen LogP contribution in [0.15, 0.2) is 24.3 Å². The molecule has 106 valence electrons. The summed E-state index contributed by atoms with van der Waals surface area (Å²) in [4.78, 5) is 36.3. The van der Waals surface area contributed by atoms with Crippen molar-refractivity contribution in [3.63, 3.8) is 0 Å². The van der Waals surface area contributed by atoms with Crippen molar-refractivity contribution >= 4 is 17.8 Å². The van der Waals surface area contributed by atoms with Gasteiger partial charge in [-0.25, -0.2) is 4.79 Å². The van der Waals surface area contributed by atoms with E-state index < -0.39 is 12.0 Å². The fourth-order valence-electron chi connectivity index (χ4n) is 2.31. The number of carbonyl (C=O) groups is 3. The number of nitrogens with one attached hydrogen (secondary N) is 1. The van der Waals surface area contributed by atoms with E-state index in [4.69, 9.17) is 5.11 Å². The van der Waals surface area contributed by atoms with Gasteiger partial charge in [-0.2, -0.15) is 0 Å². The highest BCUT2D eigenvalue weighted by Crippen LogP contribution is 2.14. The Morgan fingerprint density at radius 2 is 2.10 bits per heavy atom. The maximum absolute atomic E-state index is 12.2. The van der Waals surface area contributed by atoms with Gasteiger partial charge in [-0.05, 0) is 18.6 Å². The number of carboxylic acid groups (broad SMARTS) is 1. The van der Waals surface area contributed by atoms with E-state index in [2.05, 4.69) is 5.32 Å². The monoisotopic (exact) mass is 276 g/mol. The van der Waals surface area contributed by atoms with Crippen molar-refractivity contribution in [2.45, 2.75) is 19.4 Å². The van der Waals surface area contributed by atoms with Gasteiger partial charge >= 0.3 is 5.97 Å². The second kappa shape index (κ2) is 5.73. The van der Waals surface area contributed by atoms with E-state index in [0.29, 0.717) is 12.1 Å². The van der Waals surface area contributed by atoms with Crippen molar-refractivity contribution in [1.29, 1.82) is 0 Å². The molecule has 0 bridgehead atoms. The molecular formula is C14H16N2O4. The average molecular weight is 276 g/mol. The molecule has 1 atom stereocenters. The summed E-state index contributed by atoms with van der Waals surface area (Å²) in [5.41, 5.74) is 0.694. The molecular weight excluding hydrogens is 260 g/mol. The zero-order valence-electron chi connectivity index (χ0n) is 11.1. The number of likely N-dealkylation sites (N-methyl/N-ethyl adjacent to an activating group) is 1. The van der Waals surface area contributed by atoms with E-state index in [9.17, 15) is 14.4 Å². The number of aromatic carboxylic acids is 1. The van der Waals surface area contributed by atoms with Crippen LogP contribution < -0.4 is 5.32 Å². The molecule has 1 aromatic rings. The molecule has 0 aliphatic carbocycles. The summed E-state index contributed by atoms with van der Waals surface area (Å²) in [6, 6.07) is 5.80. The van der Waals surface area contributed by atoms with Crippen molar-refractivity contribution in [3.8, 4) is 0 Å². The Balaban J connectivity index is 2.23. The SMILES string of the molecule is CCN1CC(=O)NC(Cc2ccccc2C(=O)O)C1=O. The molecule has 1 fully saturated rings. The van der Waals surface area contributed by atoms with E-state index in [-0.39, 0.29) is 30.3 Å². The summed E-state index contributed by atoms with van der Waals surface area (Å²) in [5, 5.41) is 11.8. The summed E-state index contributed by atoms with van der Waals surface area (Å²) in [7, 11) is 0. The summed E-state index contributed by atoms with van der Waals surface area (Å²) >= 11 is 0. The third kappa shape index (κ3) is 2.79. The second-order valence-corrected chi connectivity index (χ2v) is 4.64. The number of benzene rings is 1. The highest BCUT2D eigenvalue weighted by molar-refractivity contribution is 5.95. The average Bonchev–Trinajstić information content (AvgIpc) is 2.42. The van der Waals surface area contributed by atoms with Crippen LogP contribution in [-0.4, -0.2) is 46.9 Å². The van der Waals surface area contributed by atoms with Gasteiger partial charge in [0, 0.05) is 13.0 Å². The van der Waals surface area contributed by atoms with Gasteiger partial charge in [0.2, 0.25) is 11.8 Å². The van der Waals surface area contributed by atoms with Crippen molar-refractivity contribution in [3.05, 3.63) is 35.4 Å². The van der Waals surface area contributed by atoms with Crippen molar-refractivity contribution < 1.29 is 19.5 Å². The summed E-state index contributed by atoms with van der Waals surface area (Å²) in [6.45, 7) is 2.33. The van der Waals surface area contributed by atoms with Gasteiger partial charge < -0.3 is 15.3 Å². The molecule has 0 radical (unpaired) electrons. The molecule has 1 heterocycles. The third-order valence-electron chi connectivity index (χ3n) is 3.33. The van der Waals surface area contributed by atoms with Crippen LogP contribution in [0.3, 0.4) is 0 Å². The van der Waals surface area contributed by atoms with E-state index in [1.807, 2.05) is 0 Å². The van der Waals surface area contributed by atoms with Gasteiger partial charge in [0.05, 0.1) is 12.1 Å². The highest BCUT2D eigenvalue weighted by atomic mass is 16.4. The number of nitrogens with zero attached hydrogens (tertiary/aromatic N) is 1. The number of amides is 2. The first-order valence-electron chi connectivity index (χ1n) is 6.42. The lowest BCUT2D eigenvalue weighted by molar-refractivity contribution is -0.144. The van der Waals surface area contributed by atoms with Gasteiger partial charge in [-0.15, -0.1) is 0 Å². The Hall–Kier alpha value is -2.37. The predicted octanol–water partition coefficient (Wildman–Crippen LogP) is 0.274. The molecule has 0 saturated carbocycles. The molecule has 6 heteroatoms. The van der Waals surface area contributed by atoms with E-state index in [1.165, 1.54) is 11.0 Å². The number of hydrogen-bond acceptors (Lipinski definition) is 3. The molecule has 2 rings (SSSR count). The number of piperazine rings is 1. The lowest BCUT2D eigenvalue weighted by Gasteiger charge is -2.32.